The maximum Gasteiger partial charge on any atom is 0.434 e. The number of aryl methyl sites for hydroxylation is 1. The SMILES string of the molecule is Cn1nc(Oc2ccc3oc(=O)cc(O)c3c2)c(Cl)c1C(F)(F)F. The zero-order chi connectivity index (χ0) is 17.6. The smallest absolute Gasteiger partial charge is 0.434 e. The Morgan fingerprint density at radius 3 is 2.67 bits per heavy atom. The summed E-state index contributed by atoms with van der Waals surface area (Å²) in [5, 5.41) is 12.8. The summed E-state index contributed by atoms with van der Waals surface area (Å²) in [6, 6.07) is 4.81. The number of halogens is 4. The van der Waals surface area contributed by atoms with Gasteiger partial charge in [-0.3, -0.25) is 4.68 Å². The minimum Gasteiger partial charge on any atom is -0.507 e. The molecule has 6 nitrogen and oxygen atoms in total. The summed E-state index contributed by atoms with van der Waals surface area (Å²) in [6.07, 6.45) is -4.69. The van der Waals surface area contributed by atoms with Crippen molar-refractivity contribution in [1.29, 1.82) is 0 Å². The Hall–Kier alpha value is -2.68. The number of hydrogen-bond acceptors (Lipinski definition) is 5. The van der Waals surface area contributed by atoms with E-state index >= 15 is 0 Å². The van der Waals surface area contributed by atoms with Crippen LogP contribution in [0.2, 0.25) is 5.02 Å². The zero-order valence-corrected chi connectivity index (χ0v) is 12.6. The van der Waals surface area contributed by atoms with Gasteiger partial charge in [-0.15, -0.1) is 5.10 Å². The van der Waals surface area contributed by atoms with Crippen molar-refractivity contribution in [3.8, 4) is 17.4 Å². The van der Waals surface area contributed by atoms with Crippen molar-refractivity contribution >= 4 is 22.6 Å². The first-order chi connectivity index (χ1) is 11.2. The summed E-state index contributed by atoms with van der Waals surface area (Å²) in [4.78, 5) is 11.2. The Bertz CT molecular complexity index is 994. The monoisotopic (exact) mass is 360 g/mol. The lowest BCUT2D eigenvalue weighted by atomic mass is 10.2. The average Bonchev–Trinajstić information content (AvgIpc) is 2.73. The van der Waals surface area contributed by atoms with Crippen LogP contribution in [0.5, 0.6) is 17.4 Å². The molecular formula is C14H8ClF3N2O4. The van der Waals surface area contributed by atoms with Gasteiger partial charge < -0.3 is 14.3 Å². The number of nitrogens with zero attached hydrogens (tertiary/aromatic N) is 2. The van der Waals surface area contributed by atoms with Gasteiger partial charge in [-0.1, -0.05) is 11.6 Å². The summed E-state index contributed by atoms with van der Waals surface area (Å²) in [7, 11) is 1.09. The van der Waals surface area contributed by atoms with Crippen molar-refractivity contribution in [2.24, 2.45) is 7.05 Å². The molecule has 24 heavy (non-hydrogen) atoms. The fourth-order valence-electron chi connectivity index (χ4n) is 2.15. The van der Waals surface area contributed by atoms with E-state index in [1.807, 2.05) is 0 Å². The first-order valence-electron chi connectivity index (χ1n) is 6.41. The molecule has 0 aliphatic carbocycles. The Morgan fingerprint density at radius 2 is 2.04 bits per heavy atom. The molecule has 3 aromatic rings. The number of benzene rings is 1. The second kappa shape index (κ2) is 5.45. The van der Waals surface area contributed by atoms with Crippen LogP contribution in [0.25, 0.3) is 11.0 Å². The Morgan fingerprint density at radius 1 is 1.33 bits per heavy atom. The molecule has 0 aliphatic heterocycles. The van der Waals surface area contributed by atoms with Crippen molar-refractivity contribution < 1.29 is 27.4 Å². The molecule has 0 atom stereocenters. The third kappa shape index (κ3) is 2.78. The first-order valence-corrected chi connectivity index (χ1v) is 6.79. The van der Waals surface area contributed by atoms with Gasteiger partial charge in [0.15, 0.2) is 5.69 Å². The van der Waals surface area contributed by atoms with E-state index in [-0.39, 0.29) is 22.5 Å². The molecule has 0 saturated carbocycles. The van der Waals surface area contributed by atoms with Gasteiger partial charge in [-0.2, -0.15) is 13.2 Å². The molecule has 0 saturated heterocycles. The van der Waals surface area contributed by atoms with E-state index < -0.39 is 28.4 Å². The van der Waals surface area contributed by atoms with Gasteiger partial charge in [0.1, 0.15) is 22.1 Å². The predicted octanol–water partition coefficient (Wildman–Crippen LogP) is 3.70. The second-order valence-electron chi connectivity index (χ2n) is 4.80. The molecule has 3 rings (SSSR count). The van der Waals surface area contributed by atoms with Crippen molar-refractivity contribution in [2.75, 3.05) is 0 Å². The van der Waals surface area contributed by atoms with Gasteiger partial charge >= 0.3 is 11.8 Å². The van der Waals surface area contributed by atoms with E-state index in [0.717, 1.165) is 13.1 Å². The molecular weight excluding hydrogens is 353 g/mol. The topological polar surface area (TPSA) is 77.5 Å². The highest BCUT2D eigenvalue weighted by Gasteiger charge is 2.39. The van der Waals surface area contributed by atoms with E-state index in [1.54, 1.807) is 0 Å². The summed E-state index contributed by atoms with van der Waals surface area (Å²) in [5.41, 5.74) is -1.79. The lowest BCUT2D eigenvalue weighted by Gasteiger charge is -2.06. The summed E-state index contributed by atoms with van der Waals surface area (Å²) in [5.74, 6) is -0.738. The predicted molar refractivity (Wildman–Crippen MR) is 77.4 cm³/mol. The third-order valence-electron chi connectivity index (χ3n) is 3.14. The van der Waals surface area contributed by atoms with Gasteiger partial charge in [-0.05, 0) is 18.2 Å². The molecule has 126 valence electrons. The number of alkyl halides is 3. The molecule has 10 heteroatoms. The van der Waals surface area contributed by atoms with Crippen LogP contribution >= 0.6 is 11.6 Å². The molecule has 2 heterocycles. The fraction of sp³-hybridized carbons (Fsp3) is 0.143. The van der Waals surface area contributed by atoms with Crippen LogP contribution in [0.4, 0.5) is 13.2 Å². The number of hydrogen-bond donors (Lipinski definition) is 1. The number of ether oxygens (including phenoxy) is 1. The molecule has 2 aromatic heterocycles. The zero-order valence-electron chi connectivity index (χ0n) is 11.9. The van der Waals surface area contributed by atoms with Crippen molar-refractivity contribution in [2.45, 2.75) is 6.18 Å². The van der Waals surface area contributed by atoms with Crippen molar-refractivity contribution in [3.63, 3.8) is 0 Å². The van der Waals surface area contributed by atoms with Gasteiger partial charge in [0.05, 0.1) is 11.5 Å². The fourth-order valence-corrected chi connectivity index (χ4v) is 2.45. The summed E-state index contributed by atoms with van der Waals surface area (Å²) >= 11 is 5.70. The minimum atomic E-state index is -4.69. The van der Waals surface area contributed by atoms with E-state index in [1.165, 1.54) is 18.2 Å². The molecule has 0 spiro atoms. The normalized spacial score (nSPS) is 11.9. The van der Waals surface area contributed by atoms with Crippen LogP contribution in [0, 0.1) is 0 Å². The van der Waals surface area contributed by atoms with Crippen LogP contribution in [0.15, 0.2) is 33.5 Å². The highest BCUT2D eigenvalue weighted by molar-refractivity contribution is 6.32. The molecule has 1 N–H and O–H groups in total. The van der Waals surface area contributed by atoms with Crippen LogP contribution < -0.4 is 10.4 Å². The number of rotatable bonds is 2. The van der Waals surface area contributed by atoms with Crippen LogP contribution in [-0.2, 0) is 13.2 Å². The van der Waals surface area contributed by atoms with E-state index in [2.05, 4.69) is 5.10 Å². The summed E-state index contributed by atoms with van der Waals surface area (Å²) in [6.45, 7) is 0. The number of fused-ring (bicyclic) bond motifs is 1. The standard InChI is InChI=1S/C14H8ClF3N2O4/c1-20-12(14(16,17)18)11(15)13(19-20)23-6-2-3-9-7(4-6)8(21)5-10(22)24-9/h2-5,21H,1H3. The molecule has 0 fully saturated rings. The Balaban J connectivity index is 2.03. The molecule has 0 radical (unpaired) electrons. The Labute approximate surface area is 136 Å². The van der Waals surface area contributed by atoms with E-state index in [9.17, 15) is 23.1 Å². The highest BCUT2D eigenvalue weighted by Crippen LogP contribution is 2.40. The van der Waals surface area contributed by atoms with Crippen molar-refractivity contribution in [3.05, 3.63) is 45.4 Å². The first kappa shape index (κ1) is 16.2. The molecule has 1 aromatic carbocycles. The van der Waals surface area contributed by atoms with Gasteiger partial charge in [0.25, 0.3) is 5.88 Å². The van der Waals surface area contributed by atoms with Crippen LogP contribution in [0.1, 0.15) is 5.69 Å². The Kier molecular flexibility index (Phi) is 3.67. The maximum absolute atomic E-state index is 12.9. The number of aromatic hydroxyl groups is 1. The van der Waals surface area contributed by atoms with E-state index in [4.69, 9.17) is 20.8 Å². The number of aromatic nitrogens is 2. The quantitative estimate of drug-likeness (QED) is 0.705. The largest absolute Gasteiger partial charge is 0.507 e. The van der Waals surface area contributed by atoms with Gasteiger partial charge in [0.2, 0.25) is 0 Å². The van der Waals surface area contributed by atoms with Crippen LogP contribution in [0.3, 0.4) is 0 Å². The highest BCUT2D eigenvalue weighted by atomic mass is 35.5. The third-order valence-corrected chi connectivity index (χ3v) is 3.48. The molecule has 0 unspecified atom stereocenters. The van der Waals surface area contributed by atoms with E-state index in [0.29, 0.717) is 4.68 Å². The second-order valence-corrected chi connectivity index (χ2v) is 5.18. The molecule has 0 aliphatic rings. The summed E-state index contributed by atoms with van der Waals surface area (Å²) < 4.78 is 49.4. The van der Waals surface area contributed by atoms with Crippen LogP contribution in [-0.4, -0.2) is 14.9 Å². The molecule has 0 bridgehead atoms. The lowest BCUT2D eigenvalue weighted by molar-refractivity contribution is -0.143. The maximum atomic E-state index is 12.9. The van der Waals surface area contributed by atoms with Gasteiger partial charge in [0, 0.05) is 7.05 Å². The van der Waals surface area contributed by atoms with Gasteiger partial charge in [-0.25, -0.2) is 4.79 Å². The van der Waals surface area contributed by atoms with Crippen molar-refractivity contribution in [1.82, 2.24) is 9.78 Å². The average molecular weight is 361 g/mol. The minimum absolute atomic E-state index is 0.0559. The lowest BCUT2D eigenvalue weighted by Crippen LogP contribution is -2.12. The molecule has 0 amide bonds.